The molecule has 6 rings (SSSR count). The molecule has 0 saturated heterocycles. The number of hydrogen-bond donors (Lipinski definition) is 0. The largest absolute Gasteiger partial charge is 0.309 e. The summed E-state index contributed by atoms with van der Waals surface area (Å²) in [6, 6.07) is 37.7. The van der Waals surface area contributed by atoms with E-state index in [1.54, 1.807) is 0 Å². The summed E-state index contributed by atoms with van der Waals surface area (Å²) in [6.07, 6.45) is 10.9. The van der Waals surface area contributed by atoms with Crippen molar-refractivity contribution in [2.45, 2.75) is 13.3 Å². The van der Waals surface area contributed by atoms with Gasteiger partial charge in [0, 0.05) is 21.8 Å². The Labute approximate surface area is 230 Å². The molecule has 0 aliphatic carbocycles. The van der Waals surface area contributed by atoms with Gasteiger partial charge in [-0.2, -0.15) is 0 Å². The van der Waals surface area contributed by atoms with Gasteiger partial charge < -0.3 is 4.57 Å². The molecule has 0 unspecified atom stereocenters. The maximum Gasteiger partial charge on any atom is 0.0619 e. The van der Waals surface area contributed by atoms with Crippen molar-refractivity contribution >= 4 is 38.2 Å². The number of benzene rings is 5. The van der Waals surface area contributed by atoms with Gasteiger partial charge in [0.05, 0.1) is 11.0 Å². The fourth-order valence-electron chi connectivity index (χ4n) is 5.62. The van der Waals surface area contributed by atoms with E-state index in [1.165, 1.54) is 54.8 Å². The van der Waals surface area contributed by atoms with Gasteiger partial charge in [-0.1, -0.05) is 122 Å². The standard InChI is InChI=1S/C38H31N/c1-4-7-9-13-27-14-12-15-29(24-27)31-19-22-35-36-23-20-32-25-30(28(5-2)6-3)18-21-34(32)38(36)39(37(35)26-31)33-16-10-8-11-17-33/h4-12,14-26H,1-2,13H2,3H3/b9-7-,28-6+. The molecular formula is C38H31N. The van der Waals surface area contributed by atoms with Crippen molar-refractivity contribution in [2.75, 3.05) is 0 Å². The van der Waals surface area contributed by atoms with Gasteiger partial charge in [-0.15, -0.1) is 0 Å². The molecule has 0 saturated carbocycles. The molecule has 0 bridgehead atoms. The van der Waals surface area contributed by atoms with Crippen LogP contribution in [0.15, 0.2) is 147 Å². The van der Waals surface area contributed by atoms with Crippen LogP contribution in [0.5, 0.6) is 0 Å². The van der Waals surface area contributed by atoms with E-state index in [0.717, 1.165) is 17.7 Å². The Balaban J connectivity index is 1.61. The summed E-state index contributed by atoms with van der Waals surface area (Å²) in [7, 11) is 0. The highest BCUT2D eigenvalue weighted by molar-refractivity contribution is 6.19. The first-order valence-electron chi connectivity index (χ1n) is 13.4. The van der Waals surface area contributed by atoms with Gasteiger partial charge in [-0.25, -0.2) is 0 Å². The van der Waals surface area contributed by atoms with E-state index in [-0.39, 0.29) is 0 Å². The number of para-hydroxylation sites is 1. The topological polar surface area (TPSA) is 4.93 Å². The monoisotopic (exact) mass is 501 g/mol. The lowest BCUT2D eigenvalue weighted by atomic mass is 9.98. The van der Waals surface area contributed by atoms with Crippen LogP contribution >= 0.6 is 0 Å². The van der Waals surface area contributed by atoms with Gasteiger partial charge in [0.1, 0.15) is 0 Å². The highest BCUT2D eigenvalue weighted by atomic mass is 15.0. The van der Waals surface area contributed by atoms with E-state index in [4.69, 9.17) is 0 Å². The van der Waals surface area contributed by atoms with Crippen molar-refractivity contribution in [3.8, 4) is 16.8 Å². The number of fused-ring (bicyclic) bond motifs is 5. The lowest BCUT2D eigenvalue weighted by molar-refractivity contribution is 1.19. The second kappa shape index (κ2) is 10.5. The summed E-state index contributed by atoms with van der Waals surface area (Å²) in [6.45, 7) is 9.84. The lowest BCUT2D eigenvalue weighted by Crippen LogP contribution is -1.94. The second-order valence-electron chi connectivity index (χ2n) is 9.82. The molecule has 0 amide bonds. The maximum absolute atomic E-state index is 4.00. The van der Waals surface area contributed by atoms with E-state index in [0.29, 0.717) is 0 Å². The summed E-state index contributed by atoms with van der Waals surface area (Å²) < 4.78 is 2.43. The van der Waals surface area contributed by atoms with Crippen molar-refractivity contribution < 1.29 is 0 Å². The Kier molecular flexibility index (Phi) is 6.57. The zero-order valence-electron chi connectivity index (χ0n) is 22.3. The van der Waals surface area contributed by atoms with Crippen molar-refractivity contribution in [3.63, 3.8) is 0 Å². The predicted octanol–water partition coefficient (Wildman–Crippen LogP) is 10.5. The highest BCUT2D eigenvalue weighted by Gasteiger charge is 2.16. The minimum absolute atomic E-state index is 0.890. The van der Waals surface area contributed by atoms with Gasteiger partial charge >= 0.3 is 0 Å². The third-order valence-electron chi connectivity index (χ3n) is 7.51. The molecule has 0 fully saturated rings. The summed E-state index contributed by atoms with van der Waals surface area (Å²) in [5, 5.41) is 4.99. The summed E-state index contributed by atoms with van der Waals surface area (Å²) in [5.74, 6) is 0. The zero-order valence-corrected chi connectivity index (χ0v) is 22.3. The van der Waals surface area contributed by atoms with E-state index >= 15 is 0 Å². The van der Waals surface area contributed by atoms with Crippen molar-refractivity contribution in [1.29, 1.82) is 0 Å². The van der Waals surface area contributed by atoms with Crippen LogP contribution in [-0.2, 0) is 6.42 Å². The maximum atomic E-state index is 4.00. The Morgan fingerprint density at radius 2 is 1.54 bits per heavy atom. The van der Waals surface area contributed by atoms with Gasteiger partial charge in [-0.05, 0) is 70.8 Å². The van der Waals surface area contributed by atoms with Crippen LogP contribution in [0.3, 0.4) is 0 Å². The summed E-state index contributed by atoms with van der Waals surface area (Å²) >= 11 is 0. The fraction of sp³-hybridized carbons (Fsp3) is 0.0526. The first-order chi connectivity index (χ1) is 19.2. The summed E-state index contributed by atoms with van der Waals surface area (Å²) in [5.41, 5.74) is 9.67. The van der Waals surface area contributed by atoms with E-state index in [1.807, 2.05) is 18.2 Å². The summed E-state index contributed by atoms with van der Waals surface area (Å²) in [4.78, 5) is 0. The molecule has 0 aliphatic heterocycles. The van der Waals surface area contributed by atoms with Gasteiger partial charge in [-0.3, -0.25) is 0 Å². The molecule has 39 heavy (non-hydrogen) atoms. The highest BCUT2D eigenvalue weighted by Crippen LogP contribution is 2.39. The molecule has 0 N–H and O–H groups in total. The number of rotatable bonds is 7. The van der Waals surface area contributed by atoms with Crippen molar-refractivity contribution in [3.05, 3.63) is 158 Å². The minimum atomic E-state index is 0.890. The van der Waals surface area contributed by atoms with Gasteiger partial charge in [0.2, 0.25) is 0 Å². The molecule has 0 radical (unpaired) electrons. The SMILES string of the molecule is C=C/C=C\Cc1cccc(-c2ccc3c4ccc5cc(/C(C=C)=C/C)ccc5c4n(-c4ccccc4)c3c2)c1. The van der Waals surface area contributed by atoms with Gasteiger partial charge in [0.25, 0.3) is 0 Å². The van der Waals surface area contributed by atoms with E-state index in [9.17, 15) is 0 Å². The Bertz CT molecular complexity index is 1910. The zero-order chi connectivity index (χ0) is 26.8. The molecular weight excluding hydrogens is 470 g/mol. The van der Waals surface area contributed by atoms with E-state index in [2.05, 4.69) is 140 Å². The minimum Gasteiger partial charge on any atom is -0.309 e. The van der Waals surface area contributed by atoms with Crippen LogP contribution in [-0.4, -0.2) is 4.57 Å². The molecule has 1 aromatic heterocycles. The smallest absolute Gasteiger partial charge is 0.0619 e. The molecule has 188 valence electrons. The van der Waals surface area contributed by atoms with Crippen molar-refractivity contribution in [1.82, 2.24) is 4.57 Å². The van der Waals surface area contributed by atoms with Crippen LogP contribution < -0.4 is 0 Å². The average Bonchev–Trinajstić information content (AvgIpc) is 3.32. The van der Waals surface area contributed by atoms with Crippen LogP contribution in [0.2, 0.25) is 0 Å². The van der Waals surface area contributed by atoms with Crippen molar-refractivity contribution in [2.24, 2.45) is 0 Å². The first kappa shape index (κ1) is 24.5. The Hall–Kier alpha value is -4.88. The predicted molar refractivity (Wildman–Crippen MR) is 171 cm³/mol. The molecule has 0 atom stereocenters. The molecule has 1 heteroatoms. The van der Waals surface area contributed by atoms with Gasteiger partial charge in [0.15, 0.2) is 0 Å². The van der Waals surface area contributed by atoms with Crippen LogP contribution in [0.1, 0.15) is 18.1 Å². The molecule has 1 nitrogen and oxygen atoms in total. The number of hydrogen-bond acceptors (Lipinski definition) is 0. The van der Waals surface area contributed by atoms with E-state index < -0.39 is 0 Å². The van der Waals surface area contributed by atoms with Crippen LogP contribution in [0.25, 0.3) is 55.0 Å². The molecule has 0 spiro atoms. The molecule has 6 aromatic rings. The first-order valence-corrected chi connectivity index (χ1v) is 13.4. The quantitative estimate of drug-likeness (QED) is 0.192. The Morgan fingerprint density at radius 3 is 2.33 bits per heavy atom. The lowest BCUT2D eigenvalue weighted by Gasteiger charge is -2.11. The number of nitrogens with zero attached hydrogens (tertiary/aromatic N) is 1. The molecule has 5 aromatic carbocycles. The number of allylic oxidation sites excluding steroid dienone is 6. The van der Waals surface area contributed by atoms with Crippen LogP contribution in [0.4, 0.5) is 0 Å². The average molecular weight is 502 g/mol. The fourth-order valence-corrected chi connectivity index (χ4v) is 5.62. The molecule has 1 heterocycles. The third kappa shape index (κ3) is 4.43. The van der Waals surface area contributed by atoms with Crippen LogP contribution in [0, 0.1) is 0 Å². The second-order valence-corrected chi connectivity index (χ2v) is 9.82. The molecule has 0 aliphatic rings. The normalized spacial score (nSPS) is 12.1. The third-order valence-corrected chi connectivity index (χ3v) is 7.51. The number of aromatic nitrogens is 1. The Morgan fingerprint density at radius 1 is 0.744 bits per heavy atom.